The lowest BCUT2D eigenvalue weighted by atomic mass is 10.2. The number of nitrogens with zero attached hydrogens (tertiary/aromatic N) is 1. The minimum Gasteiger partial charge on any atom is -0.493 e. The van der Waals surface area contributed by atoms with Crippen molar-refractivity contribution in [1.29, 1.82) is 0 Å². The van der Waals surface area contributed by atoms with E-state index in [1.807, 2.05) is 60.7 Å². The van der Waals surface area contributed by atoms with Crippen LogP contribution >= 0.6 is 0 Å². The van der Waals surface area contributed by atoms with Gasteiger partial charge in [-0.05, 0) is 59.2 Å². The van der Waals surface area contributed by atoms with Crippen LogP contribution in [0.3, 0.4) is 0 Å². The number of carbonyl (C=O) groups is 2. The topological polar surface area (TPSA) is 98.2 Å². The van der Waals surface area contributed by atoms with Gasteiger partial charge in [0.1, 0.15) is 19.0 Å². The Morgan fingerprint density at radius 2 is 1.37 bits per heavy atom. The van der Waals surface area contributed by atoms with Crippen LogP contribution in [0.1, 0.15) is 16.7 Å². The van der Waals surface area contributed by atoms with E-state index in [1.165, 1.54) is 6.21 Å². The molecule has 38 heavy (non-hydrogen) atoms. The van der Waals surface area contributed by atoms with Gasteiger partial charge in [-0.1, -0.05) is 60.7 Å². The zero-order valence-electron chi connectivity index (χ0n) is 20.8. The van der Waals surface area contributed by atoms with Crippen molar-refractivity contribution in [3.8, 4) is 17.2 Å². The number of anilines is 1. The van der Waals surface area contributed by atoms with Gasteiger partial charge in [0.05, 0.1) is 13.3 Å². The van der Waals surface area contributed by atoms with Crippen LogP contribution < -0.4 is 25.0 Å². The lowest BCUT2D eigenvalue weighted by molar-refractivity contribution is -0.136. The molecule has 0 aliphatic carbocycles. The largest absolute Gasteiger partial charge is 0.493 e. The minimum absolute atomic E-state index is 0.402. The SMILES string of the molecule is COc1cc(/C=N\NC(=O)C(=O)Nc2ccc(OCc3ccccc3)cc2)ccc1OCc1ccccc1. The third kappa shape index (κ3) is 7.69. The molecule has 0 aliphatic heterocycles. The first-order chi connectivity index (χ1) is 18.6. The van der Waals surface area contributed by atoms with Gasteiger partial charge in [-0.3, -0.25) is 9.59 Å². The van der Waals surface area contributed by atoms with Crippen LogP contribution in [0.2, 0.25) is 0 Å². The Labute approximate surface area is 220 Å². The molecule has 4 aromatic rings. The fourth-order valence-corrected chi connectivity index (χ4v) is 3.40. The standard InChI is InChI=1S/C30H27N3O5/c1-36-28-18-24(12-17-27(28)38-21-23-10-6-3-7-11-23)19-31-33-30(35)29(34)32-25-13-15-26(16-14-25)37-20-22-8-4-2-5-9-22/h2-19H,20-21H2,1H3,(H,32,34)(H,33,35)/b31-19-. The Morgan fingerprint density at radius 3 is 2.00 bits per heavy atom. The first kappa shape index (κ1) is 26.0. The van der Waals surface area contributed by atoms with Crippen molar-refractivity contribution in [3.63, 3.8) is 0 Å². The molecule has 2 N–H and O–H groups in total. The van der Waals surface area contributed by atoms with E-state index in [9.17, 15) is 9.59 Å². The molecule has 0 atom stereocenters. The van der Waals surface area contributed by atoms with Crippen LogP contribution in [0.4, 0.5) is 5.69 Å². The summed E-state index contributed by atoms with van der Waals surface area (Å²) < 4.78 is 17.0. The van der Waals surface area contributed by atoms with Crippen molar-refractivity contribution in [3.05, 3.63) is 120 Å². The number of hydrogen-bond acceptors (Lipinski definition) is 6. The second-order valence-corrected chi connectivity index (χ2v) is 8.14. The number of ether oxygens (including phenoxy) is 3. The summed E-state index contributed by atoms with van der Waals surface area (Å²) in [5.74, 6) is -0.00543. The van der Waals surface area contributed by atoms with Gasteiger partial charge in [-0.2, -0.15) is 5.10 Å². The Bertz CT molecular complexity index is 1370. The van der Waals surface area contributed by atoms with E-state index in [0.29, 0.717) is 41.7 Å². The molecule has 0 unspecified atom stereocenters. The van der Waals surface area contributed by atoms with Crippen molar-refractivity contribution in [2.24, 2.45) is 5.10 Å². The normalized spacial score (nSPS) is 10.6. The number of hydrogen-bond donors (Lipinski definition) is 2. The van der Waals surface area contributed by atoms with Crippen LogP contribution in [-0.4, -0.2) is 25.1 Å². The molecule has 2 amide bonds. The predicted molar refractivity (Wildman–Crippen MR) is 145 cm³/mol. The van der Waals surface area contributed by atoms with Crippen LogP contribution in [0.25, 0.3) is 0 Å². The Hall–Kier alpha value is -5.11. The van der Waals surface area contributed by atoms with Gasteiger partial charge in [0.15, 0.2) is 11.5 Å². The van der Waals surface area contributed by atoms with E-state index in [2.05, 4.69) is 15.8 Å². The quantitative estimate of drug-likeness (QED) is 0.179. The molecule has 0 radical (unpaired) electrons. The molecule has 0 spiro atoms. The summed E-state index contributed by atoms with van der Waals surface area (Å²) in [4.78, 5) is 24.4. The van der Waals surface area contributed by atoms with Gasteiger partial charge in [-0.25, -0.2) is 5.43 Å². The highest BCUT2D eigenvalue weighted by atomic mass is 16.5. The molecule has 192 valence electrons. The van der Waals surface area contributed by atoms with Gasteiger partial charge in [0.2, 0.25) is 0 Å². The zero-order valence-corrected chi connectivity index (χ0v) is 20.8. The summed E-state index contributed by atoms with van der Waals surface area (Å²) >= 11 is 0. The summed E-state index contributed by atoms with van der Waals surface area (Å²) in [6.45, 7) is 0.835. The Balaban J connectivity index is 1.25. The number of methoxy groups -OCH3 is 1. The monoisotopic (exact) mass is 509 g/mol. The first-order valence-electron chi connectivity index (χ1n) is 11.9. The third-order valence-corrected chi connectivity index (χ3v) is 5.37. The van der Waals surface area contributed by atoms with Crippen LogP contribution in [-0.2, 0) is 22.8 Å². The number of amides is 2. The summed E-state index contributed by atoms with van der Waals surface area (Å²) in [5.41, 5.74) is 5.42. The summed E-state index contributed by atoms with van der Waals surface area (Å²) in [7, 11) is 1.54. The Kier molecular flexibility index (Phi) is 9.07. The second-order valence-electron chi connectivity index (χ2n) is 8.14. The van der Waals surface area contributed by atoms with E-state index in [1.54, 1.807) is 49.6 Å². The average molecular weight is 510 g/mol. The summed E-state index contributed by atoms with van der Waals surface area (Å²) in [6, 6.07) is 31.6. The smallest absolute Gasteiger partial charge is 0.329 e. The van der Waals surface area contributed by atoms with E-state index in [4.69, 9.17) is 14.2 Å². The third-order valence-electron chi connectivity index (χ3n) is 5.37. The lowest BCUT2D eigenvalue weighted by Crippen LogP contribution is -2.32. The van der Waals surface area contributed by atoms with Crippen molar-refractivity contribution in [1.82, 2.24) is 5.43 Å². The second kappa shape index (κ2) is 13.3. The highest BCUT2D eigenvalue weighted by Crippen LogP contribution is 2.28. The molecule has 8 heteroatoms. The maximum Gasteiger partial charge on any atom is 0.329 e. The fourth-order valence-electron chi connectivity index (χ4n) is 3.40. The van der Waals surface area contributed by atoms with Crippen LogP contribution in [0.5, 0.6) is 17.2 Å². The van der Waals surface area contributed by atoms with Gasteiger partial charge in [0, 0.05) is 5.69 Å². The number of nitrogens with one attached hydrogen (secondary N) is 2. The number of benzene rings is 4. The van der Waals surface area contributed by atoms with Crippen LogP contribution in [0, 0.1) is 0 Å². The van der Waals surface area contributed by atoms with Crippen molar-refractivity contribution < 1.29 is 23.8 Å². The maximum absolute atomic E-state index is 12.2. The average Bonchev–Trinajstić information content (AvgIpc) is 2.97. The molecule has 0 saturated carbocycles. The fraction of sp³-hybridized carbons (Fsp3) is 0.100. The molecule has 0 heterocycles. The van der Waals surface area contributed by atoms with E-state index < -0.39 is 11.8 Å². The molecule has 4 rings (SSSR count). The lowest BCUT2D eigenvalue weighted by Gasteiger charge is -2.11. The van der Waals surface area contributed by atoms with E-state index in [-0.39, 0.29) is 0 Å². The predicted octanol–water partition coefficient (Wildman–Crippen LogP) is 4.94. The number of hydrazone groups is 1. The van der Waals surface area contributed by atoms with E-state index >= 15 is 0 Å². The molecule has 0 bridgehead atoms. The summed E-state index contributed by atoms with van der Waals surface area (Å²) in [5, 5.41) is 6.40. The molecule has 0 aliphatic rings. The first-order valence-corrected chi connectivity index (χ1v) is 11.9. The molecule has 0 aromatic heterocycles. The number of rotatable bonds is 10. The zero-order chi connectivity index (χ0) is 26.6. The summed E-state index contributed by atoms with van der Waals surface area (Å²) in [6.07, 6.45) is 1.41. The van der Waals surface area contributed by atoms with Gasteiger partial charge >= 0.3 is 11.8 Å². The van der Waals surface area contributed by atoms with Crippen molar-refractivity contribution >= 4 is 23.7 Å². The van der Waals surface area contributed by atoms with Crippen LogP contribution in [0.15, 0.2) is 108 Å². The van der Waals surface area contributed by atoms with Gasteiger partial charge in [0.25, 0.3) is 0 Å². The molecular weight excluding hydrogens is 482 g/mol. The van der Waals surface area contributed by atoms with Gasteiger partial charge < -0.3 is 19.5 Å². The maximum atomic E-state index is 12.2. The molecule has 4 aromatic carbocycles. The van der Waals surface area contributed by atoms with Gasteiger partial charge in [-0.15, -0.1) is 0 Å². The minimum atomic E-state index is -0.902. The molecule has 0 saturated heterocycles. The highest BCUT2D eigenvalue weighted by Gasteiger charge is 2.13. The molecular formula is C30H27N3O5. The Morgan fingerprint density at radius 1 is 0.737 bits per heavy atom. The molecule has 0 fully saturated rings. The number of carbonyl (C=O) groups excluding carboxylic acids is 2. The van der Waals surface area contributed by atoms with E-state index in [0.717, 1.165) is 11.1 Å². The molecule has 8 nitrogen and oxygen atoms in total. The van der Waals surface area contributed by atoms with Crippen molar-refractivity contribution in [2.45, 2.75) is 13.2 Å². The van der Waals surface area contributed by atoms with Crippen molar-refractivity contribution in [2.75, 3.05) is 12.4 Å². The highest BCUT2D eigenvalue weighted by molar-refractivity contribution is 6.39.